The number of carbonyl (C=O) groups is 1. The molecule has 0 saturated carbocycles. The minimum absolute atomic E-state index is 0.272. The highest BCUT2D eigenvalue weighted by Crippen LogP contribution is 2.49. The molecule has 0 aliphatic rings. The van der Waals surface area contributed by atoms with E-state index < -0.39 is 7.60 Å². The number of allylic oxidation sites excluding steroid dienone is 1. The summed E-state index contributed by atoms with van der Waals surface area (Å²) < 4.78 is 23.2. The molecule has 0 atom stereocenters. The van der Waals surface area contributed by atoms with E-state index in [0.29, 0.717) is 44.6 Å². The van der Waals surface area contributed by atoms with Crippen LogP contribution in [0.25, 0.3) is 0 Å². The van der Waals surface area contributed by atoms with Gasteiger partial charge < -0.3 is 24.6 Å². The molecule has 37 heavy (non-hydrogen) atoms. The van der Waals surface area contributed by atoms with Gasteiger partial charge in [-0.05, 0) is 32.4 Å². The monoisotopic (exact) mass is 564 g/mol. The van der Waals surface area contributed by atoms with Crippen molar-refractivity contribution in [1.29, 1.82) is 0 Å². The zero-order valence-corrected chi connectivity index (χ0v) is 23.8. The van der Waals surface area contributed by atoms with E-state index in [0.717, 1.165) is 5.56 Å². The van der Waals surface area contributed by atoms with Gasteiger partial charge in [-0.1, -0.05) is 41.1 Å². The Bertz CT molecular complexity index is 1290. The molecule has 0 aliphatic heterocycles. The average molecular weight is 565 g/mol. The van der Waals surface area contributed by atoms with Gasteiger partial charge in [-0.25, -0.2) is 15.0 Å². The summed E-state index contributed by atoms with van der Waals surface area (Å²) in [5.41, 5.74) is 1.43. The van der Waals surface area contributed by atoms with E-state index in [1.54, 1.807) is 32.1 Å². The third-order valence-corrected chi connectivity index (χ3v) is 7.89. The number of aryl methyl sites for hydroxylation is 1. The first-order valence-electron chi connectivity index (χ1n) is 11.5. The predicted molar refractivity (Wildman–Crippen MR) is 150 cm³/mol. The van der Waals surface area contributed by atoms with Crippen LogP contribution in [-0.4, -0.2) is 48.2 Å². The van der Waals surface area contributed by atoms with E-state index in [4.69, 9.17) is 20.6 Å². The molecule has 0 spiro atoms. The number of aromatic nitrogens is 3. The lowest BCUT2D eigenvalue weighted by atomic mass is 10.2. The standard InChI is InChI=1S/C24H30ClN6O4PS/c1-6-34-36(33,35-7-2)13-9-12-19-27-20(14-21(28-19)31(4)5)29-24-26-15-18(37-24)23(32)30-22-16(3)10-8-11-17(22)25/h8-11,13-15H,6-7,12H2,1-5H3,(H,30,32)(H,26,27,28,29)/b13-9+. The van der Waals surface area contributed by atoms with Gasteiger partial charge in [-0.2, -0.15) is 0 Å². The Hall–Kier alpha value is -2.82. The van der Waals surface area contributed by atoms with Crippen molar-refractivity contribution in [2.75, 3.05) is 42.8 Å². The molecule has 3 rings (SSSR count). The Morgan fingerprint density at radius 3 is 2.59 bits per heavy atom. The van der Waals surface area contributed by atoms with Crippen molar-refractivity contribution < 1.29 is 18.4 Å². The lowest BCUT2D eigenvalue weighted by Crippen LogP contribution is -2.13. The molecule has 2 aromatic heterocycles. The van der Waals surface area contributed by atoms with E-state index in [2.05, 4.69) is 25.6 Å². The third-order valence-electron chi connectivity index (χ3n) is 4.85. The number of hydrogen-bond acceptors (Lipinski definition) is 10. The Morgan fingerprint density at radius 2 is 1.95 bits per heavy atom. The summed E-state index contributed by atoms with van der Waals surface area (Å²) in [4.78, 5) is 28.4. The van der Waals surface area contributed by atoms with E-state index in [1.807, 2.05) is 38.1 Å². The van der Waals surface area contributed by atoms with Crippen molar-refractivity contribution in [3.8, 4) is 0 Å². The van der Waals surface area contributed by atoms with E-state index in [-0.39, 0.29) is 19.1 Å². The highest BCUT2D eigenvalue weighted by Gasteiger charge is 2.19. The summed E-state index contributed by atoms with van der Waals surface area (Å²) in [6.45, 7) is 5.93. The van der Waals surface area contributed by atoms with Crippen molar-refractivity contribution in [2.24, 2.45) is 0 Å². The van der Waals surface area contributed by atoms with Crippen LogP contribution in [0.4, 0.5) is 22.5 Å². The summed E-state index contributed by atoms with van der Waals surface area (Å²) in [6.07, 6.45) is 3.47. The molecule has 13 heteroatoms. The Labute approximate surface area is 225 Å². The fourth-order valence-electron chi connectivity index (χ4n) is 3.15. The van der Waals surface area contributed by atoms with Crippen LogP contribution >= 0.6 is 30.5 Å². The summed E-state index contributed by atoms with van der Waals surface area (Å²) >= 11 is 7.41. The summed E-state index contributed by atoms with van der Waals surface area (Å²) in [6, 6.07) is 7.19. The van der Waals surface area contributed by atoms with E-state index >= 15 is 0 Å². The number of amides is 1. The first-order chi connectivity index (χ1) is 17.6. The van der Waals surface area contributed by atoms with Gasteiger partial charge in [-0.15, -0.1) is 0 Å². The van der Waals surface area contributed by atoms with Gasteiger partial charge in [0.1, 0.15) is 22.3 Å². The van der Waals surface area contributed by atoms with Crippen LogP contribution in [-0.2, 0) is 20.0 Å². The minimum Gasteiger partial charge on any atom is -0.363 e. The number of rotatable bonds is 12. The number of hydrogen-bond donors (Lipinski definition) is 2. The first-order valence-corrected chi connectivity index (χ1v) is 14.4. The van der Waals surface area contributed by atoms with Crippen LogP contribution in [0.5, 0.6) is 0 Å². The second-order valence-electron chi connectivity index (χ2n) is 7.93. The van der Waals surface area contributed by atoms with Gasteiger partial charge >= 0.3 is 7.60 Å². The molecule has 10 nitrogen and oxygen atoms in total. The molecule has 2 heterocycles. The predicted octanol–water partition coefficient (Wildman–Crippen LogP) is 6.28. The van der Waals surface area contributed by atoms with Crippen LogP contribution in [0, 0.1) is 6.92 Å². The molecule has 0 aliphatic carbocycles. The summed E-state index contributed by atoms with van der Waals surface area (Å²) in [5, 5.41) is 6.95. The summed E-state index contributed by atoms with van der Waals surface area (Å²) in [5.74, 6) is 2.79. The van der Waals surface area contributed by atoms with Crippen molar-refractivity contribution >= 4 is 58.9 Å². The van der Waals surface area contributed by atoms with E-state index in [9.17, 15) is 9.36 Å². The van der Waals surface area contributed by atoms with Crippen molar-refractivity contribution in [1.82, 2.24) is 15.0 Å². The molecule has 1 amide bonds. The van der Waals surface area contributed by atoms with Crippen LogP contribution in [0.1, 0.15) is 34.9 Å². The first kappa shape index (κ1) is 28.7. The zero-order valence-electron chi connectivity index (χ0n) is 21.3. The number of halogens is 1. The highest BCUT2D eigenvalue weighted by molar-refractivity contribution is 7.57. The van der Waals surface area contributed by atoms with Crippen LogP contribution < -0.4 is 15.5 Å². The van der Waals surface area contributed by atoms with Gasteiger partial charge in [-0.3, -0.25) is 9.36 Å². The molecule has 0 radical (unpaired) electrons. The second kappa shape index (κ2) is 13.1. The zero-order chi connectivity index (χ0) is 27.0. The lowest BCUT2D eigenvalue weighted by molar-refractivity contribution is 0.103. The molecule has 0 unspecified atom stereocenters. The second-order valence-corrected chi connectivity index (χ2v) is 11.3. The summed E-state index contributed by atoms with van der Waals surface area (Å²) in [7, 11) is 0.426. The van der Waals surface area contributed by atoms with Crippen molar-refractivity contribution in [3.63, 3.8) is 0 Å². The topological polar surface area (TPSA) is 119 Å². The fraction of sp³-hybridized carbons (Fsp3) is 0.333. The molecule has 0 bridgehead atoms. The molecule has 0 saturated heterocycles. The van der Waals surface area contributed by atoms with Gasteiger partial charge in [0, 0.05) is 32.4 Å². The quantitative estimate of drug-likeness (QED) is 0.245. The molecule has 198 valence electrons. The third kappa shape index (κ3) is 8.08. The SMILES string of the molecule is CCOP(=O)(/C=C/Cc1nc(Nc2ncc(C(=O)Nc3c(C)cccc3Cl)s2)cc(N(C)C)n1)OCC. The average Bonchev–Trinajstić information content (AvgIpc) is 3.30. The molecule has 0 fully saturated rings. The number of benzene rings is 1. The number of nitrogens with one attached hydrogen (secondary N) is 2. The normalized spacial score (nSPS) is 11.6. The van der Waals surface area contributed by atoms with Crippen molar-refractivity contribution in [3.05, 3.63) is 63.6 Å². The van der Waals surface area contributed by atoms with Crippen LogP contribution in [0.15, 0.2) is 42.4 Å². The Kier molecular flexibility index (Phi) is 10.2. The van der Waals surface area contributed by atoms with Crippen molar-refractivity contribution in [2.45, 2.75) is 27.2 Å². The van der Waals surface area contributed by atoms with Gasteiger partial charge in [0.2, 0.25) is 0 Å². The fourth-order valence-corrected chi connectivity index (χ4v) is 5.47. The van der Waals surface area contributed by atoms with Gasteiger partial charge in [0.25, 0.3) is 5.91 Å². The van der Waals surface area contributed by atoms with Gasteiger partial charge in [0.15, 0.2) is 5.13 Å². The maximum atomic E-state index is 12.8. The van der Waals surface area contributed by atoms with Crippen LogP contribution in [0.2, 0.25) is 5.02 Å². The lowest BCUT2D eigenvalue weighted by Gasteiger charge is -2.14. The van der Waals surface area contributed by atoms with E-state index in [1.165, 1.54) is 23.4 Å². The molecular formula is C24H30ClN6O4PS. The number of carbonyl (C=O) groups excluding carboxylic acids is 1. The molecule has 1 aromatic carbocycles. The smallest absolute Gasteiger partial charge is 0.353 e. The molecule has 3 aromatic rings. The Morgan fingerprint density at radius 1 is 1.22 bits per heavy atom. The minimum atomic E-state index is -3.31. The Balaban J connectivity index is 1.76. The maximum absolute atomic E-state index is 12.8. The molecule has 2 N–H and O–H groups in total. The van der Waals surface area contributed by atoms with Crippen LogP contribution in [0.3, 0.4) is 0 Å². The number of anilines is 4. The number of para-hydroxylation sites is 1. The largest absolute Gasteiger partial charge is 0.363 e. The number of nitrogens with zero attached hydrogens (tertiary/aromatic N) is 4. The molecular weight excluding hydrogens is 535 g/mol. The number of thiazole rings is 1. The van der Waals surface area contributed by atoms with Gasteiger partial charge in [0.05, 0.1) is 30.1 Å². The maximum Gasteiger partial charge on any atom is 0.353 e. The highest BCUT2D eigenvalue weighted by atomic mass is 35.5.